The molecule has 2 aromatic rings. The maximum Gasteiger partial charge on any atom is 0.160 e. The zero-order valence-corrected chi connectivity index (χ0v) is 13.8. The Labute approximate surface area is 138 Å². The first-order valence-corrected chi connectivity index (χ1v) is 8.77. The first kappa shape index (κ1) is 15.1. The summed E-state index contributed by atoms with van der Waals surface area (Å²) in [5.41, 5.74) is 1.41. The molecular weight excluding hydrogens is 286 g/mol. The van der Waals surface area contributed by atoms with E-state index in [4.69, 9.17) is 9.47 Å². The molecule has 0 aromatic heterocycles. The van der Waals surface area contributed by atoms with Crippen molar-refractivity contribution >= 4 is 10.8 Å². The molecule has 2 fully saturated rings. The summed E-state index contributed by atoms with van der Waals surface area (Å²) in [5.74, 6) is 0.567. The smallest absolute Gasteiger partial charge is 0.160 e. The van der Waals surface area contributed by atoms with Gasteiger partial charge in [0.2, 0.25) is 0 Å². The van der Waals surface area contributed by atoms with Crippen LogP contribution in [0.3, 0.4) is 0 Å². The van der Waals surface area contributed by atoms with Gasteiger partial charge in [0.1, 0.15) is 0 Å². The van der Waals surface area contributed by atoms with E-state index in [0.717, 1.165) is 26.3 Å². The summed E-state index contributed by atoms with van der Waals surface area (Å²) in [5, 5.41) is 2.65. The van der Waals surface area contributed by atoms with E-state index in [-0.39, 0.29) is 6.29 Å². The van der Waals surface area contributed by atoms with Crippen molar-refractivity contribution in [3.8, 4) is 0 Å². The van der Waals surface area contributed by atoms with Crippen LogP contribution in [0.2, 0.25) is 0 Å². The van der Waals surface area contributed by atoms with E-state index in [1.165, 1.54) is 29.2 Å². The highest BCUT2D eigenvalue weighted by molar-refractivity contribution is 5.83. The number of fused-ring (bicyclic) bond motifs is 1. The maximum atomic E-state index is 5.68. The van der Waals surface area contributed by atoms with Crippen molar-refractivity contribution in [2.24, 2.45) is 5.92 Å². The molecule has 0 spiro atoms. The molecular formula is C20H25NO2. The zero-order valence-electron chi connectivity index (χ0n) is 13.8. The van der Waals surface area contributed by atoms with Crippen LogP contribution >= 0.6 is 0 Å². The molecule has 3 heteroatoms. The van der Waals surface area contributed by atoms with Gasteiger partial charge in [0.15, 0.2) is 6.29 Å². The van der Waals surface area contributed by atoms with Crippen molar-refractivity contribution in [1.29, 1.82) is 0 Å². The fraction of sp³-hybridized carbons (Fsp3) is 0.500. The highest BCUT2D eigenvalue weighted by atomic mass is 16.7. The minimum atomic E-state index is 0.0492. The van der Waals surface area contributed by atoms with E-state index in [1.54, 1.807) is 0 Å². The third-order valence-corrected chi connectivity index (χ3v) is 5.41. The fourth-order valence-electron chi connectivity index (χ4n) is 3.91. The predicted octanol–water partition coefficient (Wildman–Crippen LogP) is 3.99. The van der Waals surface area contributed by atoms with Crippen LogP contribution in [0.1, 0.15) is 31.4 Å². The van der Waals surface area contributed by atoms with Crippen molar-refractivity contribution in [2.45, 2.75) is 32.1 Å². The molecule has 2 heterocycles. The summed E-state index contributed by atoms with van der Waals surface area (Å²) in [6, 6.07) is 15.9. The average Bonchev–Trinajstić information content (AvgIpc) is 3.15. The number of hydrogen-bond acceptors (Lipinski definition) is 3. The minimum Gasteiger partial charge on any atom is -0.350 e. The van der Waals surface area contributed by atoms with Crippen LogP contribution in [0.15, 0.2) is 42.5 Å². The van der Waals surface area contributed by atoms with Gasteiger partial charge in [0.25, 0.3) is 0 Å². The van der Waals surface area contributed by atoms with Gasteiger partial charge in [-0.25, -0.2) is 0 Å². The Bertz CT molecular complexity index is 657. The molecule has 1 atom stereocenters. The summed E-state index contributed by atoms with van der Waals surface area (Å²) < 4.78 is 11.4. The van der Waals surface area contributed by atoms with Crippen LogP contribution in [0.25, 0.3) is 10.8 Å². The molecule has 2 aliphatic rings. The molecule has 2 aliphatic heterocycles. The Morgan fingerprint density at radius 3 is 2.39 bits per heavy atom. The first-order chi connectivity index (χ1) is 11.3. The molecule has 4 rings (SSSR count). The largest absolute Gasteiger partial charge is 0.350 e. The summed E-state index contributed by atoms with van der Waals surface area (Å²) in [6.45, 7) is 6.10. The molecule has 0 bridgehead atoms. The molecule has 2 aromatic carbocycles. The van der Waals surface area contributed by atoms with Crippen molar-refractivity contribution in [3.63, 3.8) is 0 Å². The predicted molar refractivity (Wildman–Crippen MR) is 92.4 cm³/mol. The van der Waals surface area contributed by atoms with Crippen molar-refractivity contribution in [2.75, 3.05) is 26.3 Å². The van der Waals surface area contributed by atoms with E-state index in [0.29, 0.717) is 12.0 Å². The van der Waals surface area contributed by atoms with Crippen molar-refractivity contribution < 1.29 is 9.47 Å². The van der Waals surface area contributed by atoms with E-state index in [2.05, 4.69) is 54.3 Å². The highest BCUT2D eigenvalue weighted by Crippen LogP contribution is 2.31. The lowest BCUT2D eigenvalue weighted by molar-refractivity contribution is -0.0992. The second-order valence-corrected chi connectivity index (χ2v) is 6.77. The molecule has 0 aliphatic carbocycles. The van der Waals surface area contributed by atoms with Crippen LogP contribution in [0.5, 0.6) is 0 Å². The van der Waals surface area contributed by atoms with Gasteiger partial charge >= 0.3 is 0 Å². The number of hydrogen-bond donors (Lipinski definition) is 0. The molecule has 122 valence electrons. The van der Waals surface area contributed by atoms with Gasteiger partial charge in [0, 0.05) is 12.0 Å². The van der Waals surface area contributed by atoms with Gasteiger partial charge in [-0.15, -0.1) is 0 Å². The third kappa shape index (κ3) is 3.14. The molecule has 2 saturated heterocycles. The number of rotatable bonds is 3. The zero-order chi connectivity index (χ0) is 15.6. The Balaban J connectivity index is 1.43. The fourth-order valence-corrected chi connectivity index (χ4v) is 3.91. The maximum absolute atomic E-state index is 5.68. The Morgan fingerprint density at radius 1 is 0.957 bits per heavy atom. The minimum absolute atomic E-state index is 0.0492. The van der Waals surface area contributed by atoms with Crippen LogP contribution in [0, 0.1) is 5.92 Å². The highest BCUT2D eigenvalue weighted by Gasteiger charge is 2.31. The van der Waals surface area contributed by atoms with E-state index >= 15 is 0 Å². The summed E-state index contributed by atoms with van der Waals surface area (Å²) in [6.07, 6.45) is 2.39. The SMILES string of the molecule is CC(c1ccc2ccccc2c1)N1CCC(C2OCCO2)CC1. The molecule has 23 heavy (non-hydrogen) atoms. The normalized spacial score (nSPS) is 22.7. The molecule has 0 radical (unpaired) electrons. The number of likely N-dealkylation sites (tertiary alicyclic amines) is 1. The number of ether oxygens (including phenoxy) is 2. The summed E-state index contributed by atoms with van der Waals surface area (Å²) in [4.78, 5) is 2.59. The lowest BCUT2D eigenvalue weighted by Gasteiger charge is -2.37. The monoisotopic (exact) mass is 311 g/mol. The van der Waals surface area contributed by atoms with E-state index < -0.39 is 0 Å². The molecule has 1 unspecified atom stereocenters. The van der Waals surface area contributed by atoms with Gasteiger partial charge in [-0.1, -0.05) is 36.4 Å². The van der Waals surface area contributed by atoms with Gasteiger partial charge in [-0.3, -0.25) is 4.90 Å². The summed E-state index contributed by atoms with van der Waals surface area (Å²) in [7, 11) is 0. The summed E-state index contributed by atoms with van der Waals surface area (Å²) >= 11 is 0. The van der Waals surface area contributed by atoms with Crippen LogP contribution in [-0.4, -0.2) is 37.5 Å². The van der Waals surface area contributed by atoms with Gasteiger partial charge in [-0.2, -0.15) is 0 Å². The topological polar surface area (TPSA) is 21.7 Å². The van der Waals surface area contributed by atoms with E-state index in [1.807, 2.05) is 0 Å². The van der Waals surface area contributed by atoms with Crippen LogP contribution in [0.4, 0.5) is 0 Å². The number of benzene rings is 2. The van der Waals surface area contributed by atoms with Gasteiger partial charge in [0.05, 0.1) is 13.2 Å². The Morgan fingerprint density at radius 2 is 1.65 bits per heavy atom. The quantitative estimate of drug-likeness (QED) is 0.855. The van der Waals surface area contributed by atoms with Crippen molar-refractivity contribution in [1.82, 2.24) is 4.90 Å². The molecule has 0 saturated carbocycles. The van der Waals surface area contributed by atoms with Crippen LogP contribution in [-0.2, 0) is 9.47 Å². The first-order valence-electron chi connectivity index (χ1n) is 8.77. The van der Waals surface area contributed by atoms with Gasteiger partial charge < -0.3 is 9.47 Å². The molecule has 0 N–H and O–H groups in total. The number of piperidine rings is 1. The Hall–Kier alpha value is -1.42. The average molecular weight is 311 g/mol. The lowest BCUT2D eigenvalue weighted by Crippen LogP contribution is -2.39. The van der Waals surface area contributed by atoms with E-state index in [9.17, 15) is 0 Å². The standard InChI is InChI=1S/C20H25NO2/c1-15(18-7-6-16-4-2-3-5-19(16)14-18)21-10-8-17(9-11-21)20-22-12-13-23-20/h2-7,14-15,17,20H,8-13H2,1H3. The molecule has 0 amide bonds. The van der Waals surface area contributed by atoms with Crippen molar-refractivity contribution in [3.05, 3.63) is 48.0 Å². The lowest BCUT2D eigenvalue weighted by atomic mass is 9.93. The third-order valence-electron chi connectivity index (χ3n) is 5.41. The Kier molecular flexibility index (Phi) is 4.34. The second-order valence-electron chi connectivity index (χ2n) is 6.77. The molecule has 3 nitrogen and oxygen atoms in total. The van der Waals surface area contributed by atoms with Gasteiger partial charge in [-0.05, 0) is 55.3 Å². The second kappa shape index (κ2) is 6.60. The van der Waals surface area contributed by atoms with Crippen LogP contribution < -0.4 is 0 Å². The number of nitrogens with zero attached hydrogens (tertiary/aromatic N) is 1.